The predicted molar refractivity (Wildman–Crippen MR) is 75.7 cm³/mol. The second-order valence-corrected chi connectivity index (χ2v) is 7.06. The summed E-state index contributed by atoms with van der Waals surface area (Å²) < 4.78 is 24.9. The fourth-order valence-corrected chi connectivity index (χ4v) is 2.66. The lowest BCUT2D eigenvalue weighted by Crippen LogP contribution is -2.52. The van der Waals surface area contributed by atoms with Gasteiger partial charge in [-0.05, 0) is 18.8 Å². The quantitative estimate of drug-likeness (QED) is 0.670. The van der Waals surface area contributed by atoms with E-state index in [0.717, 1.165) is 11.2 Å². The number of aliphatic carboxylic acids is 1. The molecule has 0 radical (unpaired) electrons. The topological polar surface area (TPSA) is 104 Å². The van der Waals surface area contributed by atoms with Crippen molar-refractivity contribution in [2.24, 2.45) is 5.92 Å². The average molecular weight is 308 g/mol. The summed E-state index contributed by atoms with van der Waals surface area (Å²) in [7, 11) is -2.17. The molecule has 20 heavy (non-hydrogen) atoms. The molecule has 1 amide bonds. The molecule has 0 aromatic heterocycles. The van der Waals surface area contributed by atoms with Crippen molar-refractivity contribution in [1.82, 2.24) is 9.62 Å². The van der Waals surface area contributed by atoms with E-state index >= 15 is 0 Å². The Hall–Kier alpha value is -1.15. The highest BCUT2D eigenvalue weighted by Gasteiger charge is 2.31. The Morgan fingerprint density at radius 3 is 2.10 bits per heavy atom. The van der Waals surface area contributed by atoms with Crippen molar-refractivity contribution in [2.75, 3.05) is 13.3 Å². The third kappa shape index (κ3) is 6.33. The minimum atomic E-state index is -3.55. The summed E-state index contributed by atoms with van der Waals surface area (Å²) in [6.45, 7) is 5.38. The van der Waals surface area contributed by atoms with Gasteiger partial charge in [-0.1, -0.05) is 20.8 Å². The molecule has 0 aliphatic rings. The Bertz CT molecular complexity index is 447. The van der Waals surface area contributed by atoms with E-state index in [9.17, 15) is 18.0 Å². The van der Waals surface area contributed by atoms with Gasteiger partial charge in [0, 0.05) is 7.05 Å². The first-order chi connectivity index (χ1) is 8.99. The smallest absolute Gasteiger partial charge is 0.326 e. The normalized spacial score (nSPS) is 14.9. The molecule has 0 aromatic carbocycles. The number of nitrogens with one attached hydrogen (secondary N) is 1. The summed E-state index contributed by atoms with van der Waals surface area (Å²) in [5.41, 5.74) is 0. The SMILES string of the molecule is CCC(C(=O)O)N(C)C(=O)C(CC(C)C)NS(C)(=O)=O. The van der Waals surface area contributed by atoms with Crippen LogP contribution in [-0.4, -0.2) is 55.7 Å². The number of sulfonamides is 1. The molecule has 7 nitrogen and oxygen atoms in total. The molecular formula is C12H24N2O5S. The summed E-state index contributed by atoms with van der Waals surface area (Å²) in [6, 6.07) is -1.90. The first-order valence-corrected chi connectivity index (χ1v) is 8.35. The van der Waals surface area contributed by atoms with E-state index in [0.29, 0.717) is 6.42 Å². The maximum absolute atomic E-state index is 12.3. The van der Waals surface area contributed by atoms with Gasteiger partial charge in [-0.2, -0.15) is 0 Å². The lowest BCUT2D eigenvalue weighted by Gasteiger charge is -2.29. The van der Waals surface area contributed by atoms with Crippen LogP contribution in [0.4, 0.5) is 0 Å². The van der Waals surface area contributed by atoms with Gasteiger partial charge in [0.05, 0.1) is 6.26 Å². The van der Waals surface area contributed by atoms with E-state index in [1.165, 1.54) is 7.05 Å². The maximum Gasteiger partial charge on any atom is 0.326 e. The van der Waals surface area contributed by atoms with Crippen molar-refractivity contribution in [3.05, 3.63) is 0 Å². The third-order valence-corrected chi connectivity index (χ3v) is 3.56. The zero-order chi connectivity index (χ0) is 16.1. The molecule has 2 N–H and O–H groups in total. The van der Waals surface area contributed by atoms with Gasteiger partial charge in [-0.15, -0.1) is 0 Å². The molecule has 0 aromatic rings. The van der Waals surface area contributed by atoms with Crippen LogP contribution in [0.15, 0.2) is 0 Å². The molecule has 0 heterocycles. The standard InChI is InChI=1S/C12H24N2O5S/c1-6-10(12(16)17)14(4)11(15)9(7-8(2)3)13-20(5,18)19/h8-10,13H,6-7H2,1-5H3,(H,16,17). The van der Waals surface area contributed by atoms with Gasteiger partial charge in [0.2, 0.25) is 15.9 Å². The van der Waals surface area contributed by atoms with E-state index in [1.54, 1.807) is 6.92 Å². The van der Waals surface area contributed by atoms with Gasteiger partial charge in [-0.3, -0.25) is 4.79 Å². The number of carbonyl (C=O) groups is 2. The van der Waals surface area contributed by atoms with E-state index in [4.69, 9.17) is 5.11 Å². The van der Waals surface area contributed by atoms with Crippen LogP contribution >= 0.6 is 0 Å². The van der Waals surface area contributed by atoms with Crippen LogP contribution in [0.2, 0.25) is 0 Å². The number of carboxylic acids is 1. The number of rotatable bonds is 8. The number of carbonyl (C=O) groups excluding carboxylic acids is 1. The molecule has 0 rings (SSSR count). The van der Waals surface area contributed by atoms with E-state index in [2.05, 4.69) is 4.72 Å². The van der Waals surface area contributed by atoms with Crippen LogP contribution in [0.3, 0.4) is 0 Å². The molecule has 0 bridgehead atoms. The highest BCUT2D eigenvalue weighted by molar-refractivity contribution is 7.88. The van der Waals surface area contributed by atoms with Gasteiger partial charge in [0.1, 0.15) is 12.1 Å². The maximum atomic E-state index is 12.3. The second kappa shape index (κ2) is 7.58. The van der Waals surface area contributed by atoms with Crippen molar-refractivity contribution in [2.45, 2.75) is 45.7 Å². The van der Waals surface area contributed by atoms with Gasteiger partial charge in [-0.25, -0.2) is 17.9 Å². The number of hydrogen-bond donors (Lipinski definition) is 2. The first kappa shape index (κ1) is 18.9. The number of likely N-dealkylation sites (N-methyl/N-ethyl adjacent to an activating group) is 1. The van der Waals surface area contributed by atoms with Crippen molar-refractivity contribution in [1.29, 1.82) is 0 Å². The third-order valence-electron chi connectivity index (χ3n) is 2.85. The summed E-state index contributed by atoms with van der Waals surface area (Å²) in [5.74, 6) is -1.54. The van der Waals surface area contributed by atoms with Crippen LogP contribution in [0.1, 0.15) is 33.6 Å². The number of nitrogens with zero attached hydrogens (tertiary/aromatic N) is 1. The van der Waals surface area contributed by atoms with E-state index in [1.807, 2.05) is 13.8 Å². The number of amides is 1. The first-order valence-electron chi connectivity index (χ1n) is 6.46. The van der Waals surface area contributed by atoms with Crippen molar-refractivity contribution in [3.63, 3.8) is 0 Å². The minimum absolute atomic E-state index is 0.0940. The Kier molecular flexibility index (Phi) is 7.15. The highest BCUT2D eigenvalue weighted by atomic mass is 32.2. The second-order valence-electron chi connectivity index (χ2n) is 5.28. The number of carboxylic acid groups (broad SMARTS) is 1. The predicted octanol–water partition coefficient (Wildman–Crippen LogP) is 0.272. The lowest BCUT2D eigenvalue weighted by molar-refractivity contribution is -0.149. The summed E-state index contributed by atoms with van der Waals surface area (Å²) in [6.07, 6.45) is 1.54. The molecule has 0 spiro atoms. The van der Waals surface area contributed by atoms with Crippen LogP contribution in [-0.2, 0) is 19.6 Å². The Morgan fingerprint density at radius 2 is 1.80 bits per heavy atom. The molecule has 0 saturated heterocycles. The summed E-state index contributed by atoms with van der Waals surface area (Å²) >= 11 is 0. The van der Waals surface area contributed by atoms with Gasteiger partial charge in [0.15, 0.2) is 0 Å². The zero-order valence-corrected chi connectivity index (χ0v) is 13.4. The van der Waals surface area contributed by atoms with Gasteiger partial charge >= 0.3 is 5.97 Å². The molecule has 0 aliphatic heterocycles. The largest absolute Gasteiger partial charge is 0.480 e. The average Bonchev–Trinajstić information content (AvgIpc) is 2.24. The minimum Gasteiger partial charge on any atom is -0.480 e. The van der Waals surface area contributed by atoms with Crippen LogP contribution < -0.4 is 4.72 Å². The molecule has 0 aliphatic carbocycles. The fraction of sp³-hybridized carbons (Fsp3) is 0.833. The molecule has 8 heteroatoms. The van der Waals surface area contributed by atoms with Crippen molar-refractivity contribution in [3.8, 4) is 0 Å². The van der Waals surface area contributed by atoms with Crippen LogP contribution in [0.5, 0.6) is 0 Å². The van der Waals surface area contributed by atoms with Gasteiger partial charge in [0.25, 0.3) is 0 Å². The lowest BCUT2D eigenvalue weighted by atomic mass is 10.0. The fourth-order valence-electron chi connectivity index (χ4n) is 1.94. The zero-order valence-electron chi connectivity index (χ0n) is 12.6. The molecular weight excluding hydrogens is 284 g/mol. The van der Waals surface area contributed by atoms with Crippen molar-refractivity contribution < 1.29 is 23.1 Å². The molecule has 2 unspecified atom stereocenters. The molecule has 0 saturated carbocycles. The highest BCUT2D eigenvalue weighted by Crippen LogP contribution is 2.11. The molecule has 2 atom stereocenters. The van der Waals surface area contributed by atoms with Crippen molar-refractivity contribution >= 4 is 21.9 Å². The van der Waals surface area contributed by atoms with Crippen LogP contribution in [0.25, 0.3) is 0 Å². The Labute approximate surface area is 120 Å². The Morgan fingerprint density at radius 1 is 1.30 bits per heavy atom. The molecule has 0 fully saturated rings. The van der Waals surface area contributed by atoms with E-state index in [-0.39, 0.29) is 12.3 Å². The van der Waals surface area contributed by atoms with E-state index < -0.39 is 34.0 Å². The monoisotopic (exact) mass is 308 g/mol. The van der Waals surface area contributed by atoms with Gasteiger partial charge < -0.3 is 10.0 Å². The van der Waals surface area contributed by atoms with Crippen LogP contribution in [0, 0.1) is 5.92 Å². The molecule has 118 valence electrons. The summed E-state index contributed by atoms with van der Waals surface area (Å²) in [4.78, 5) is 24.5. The summed E-state index contributed by atoms with van der Waals surface area (Å²) in [5, 5.41) is 9.06. The number of hydrogen-bond acceptors (Lipinski definition) is 4. The Balaban J connectivity index is 5.16.